The zero-order valence-electron chi connectivity index (χ0n) is 16.8. The van der Waals surface area contributed by atoms with Crippen LogP contribution in [0.1, 0.15) is 52.4 Å². The zero-order chi connectivity index (χ0) is 20.8. The summed E-state index contributed by atoms with van der Waals surface area (Å²) in [5.41, 5.74) is 6.95. The molecule has 2 aromatic rings. The van der Waals surface area contributed by atoms with E-state index in [1.165, 1.54) is 0 Å². The summed E-state index contributed by atoms with van der Waals surface area (Å²) in [5.74, 6) is -0.622. The first-order valence-electron chi connectivity index (χ1n) is 9.50. The lowest BCUT2D eigenvalue weighted by Gasteiger charge is -2.24. The van der Waals surface area contributed by atoms with Gasteiger partial charge in [0.1, 0.15) is 11.9 Å². The third-order valence-corrected chi connectivity index (χ3v) is 4.32. The summed E-state index contributed by atoms with van der Waals surface area (Å²) >= 11 is 0. The zero-order valence-corrected chi connectivity index (χ0v) is 16.8. The molecule has 8 nitrogen and oxygen atoms in total. The van der Waals surface area contributed by atoms with Gasteiger partial charge in [-0.15, -0.1) is 0 Å². The fourth-order valence-electron chi connectivity index (χ4n) is 2.96. The van der Waals surface area contributed by atoms with Gasteiger partial charge in [-0.3, -0.25) is 14.4 Å². The van der Waals surface area contributed by atoms with Gasteiger partial charge in [0.05, 0.1) is 23.5 Å². The Hall–Kier alpha value is -2.90. The molecule has 1 aromatic carbocycles. The van der Waals surface area contributed by atoms with Crippen LogP contribution in [0.2, 0.25) is 0 Å². The van der Waals surface area contributed by atoms with Crippen molar-refractivity contribution in [2.24, 2.45) is 17.6 Å². The average Bonchev–Trinajstić information content (AvgIpc) is 3.00. The van der Waals surface area contributed by atoms with Gasteiger partial charge in [-0.05, 0) is 24.0 Å². The number of aromatic nitrogens is 2. The molecule has 0 spiro atoms. The molecule has 1 aromatic heterocycles. The van der Waals surface area contributed by atoms with Crippen LogP contribution in [-0.2, 0) is 14.4 Å². The van der Waals surface area contributed by atoms with Crippen LogP contribution in [0.5, 0.6) is 0 Å². The molecule has 2 rings (SSSR count). The molecule has 0 fully saturated rings. The first kappa shape index (κ1) is 21.4. The molecule has 8 heteroatoms. The molecule has 0 saturated heterocycles. The Morgan fingerprint density at radius 3 is 2.32 bits per heavy atom. The minimum atomic E-state index is -1.02. The van der Waals surface area contributed by atoms with Crippen LogP contribution < -0.4 is 16.4 Å². The Morgan fingerprint density at radius 1 is 1.07 bits per heavy atom. The summed E-state index contributed by atoms with van der Waals surface area (Å²) in [6.45, 7) is 7.72. The minimum absolute atomic E-state index is 0.0325. The maximum absolute atomic E-state index is 12.8. The SMILES string of the molecule is CC(C)CC(=O)N[C@H](CC(N)=O)C(=O)N[C@@H](c1nc2ccccc2[nH]1)C(C)C. The highest BCUT2D eigenvalue weighted by Gasteiger charge is 2.28. The van der Waals surface area contributed by atoms with E-state index >= 15 is 0 Å². The van der Waals surface area contributed by atoms with Gasteiger partial charge in [-0.1, -0.05) is 39.8 Å². The number of nitrogens with zero attached hydrogens (tertiary/aromatic N) is 1. The molecule has 152 valence electrons. The number of nitrogens with one attached hydrogen (secondary N) is 3. The van der Waals surface area contributed by atoms with Crippen LogP contribution in [0.15, 0.2) is 24.3 Å². The number of fused-ring (bicyclic) bond motifs is 1. The number of aromatic amines is 1. The molecule has 5 N–H and O–H groups in total. The number of hydrogen-bond donors (Lipinski definition) is 4. The smallest absolute Gasteiger partial charge is 0.243 e. The molecule has 0 aliphatic heterocycles. The van der Waals surface area contributed by atoms with Crippen molar-refractivity contribution >= 4 is 28.8 Å². The summed E-state index contributed by atoms with van der Waals surface area (Å²) < 4.78 is 0. The number of imidazole rings is 1. The van der Waals surface area contributed by atoms with Crippen LogP contribution in [0, 0.1) is 11.8 Å². The van der Waals surface area contributed by atoms with Crippen LogP contribution in [0.25, 0.3) is 11.0 Å². The van der Waals surface area contributed by atoms with Crippen molar-refractivity contribution in [3.8, 4) is 0 Å². The number of hydrogen-bond acceptors (Lipinski definition) is 4. The van der Waals surface area contributed by atoms with Crippen LogP contribution >= 0.6 is 0 Å². The predicted octanol–water partition coefficient (Wildman–Crippen LogP) is 1.78. The van der Waals surface area contributed by atoms with Crippen molar-refractivity contribution in [3.63, 3.8) is 0 Å². The Morgan fingerprint density at radius 2 is 1.75 bits per heavy atom. The van der Waals surface area contributed by atoms with E-state index in [1.54, 1.807) is 0 Å². The fourth-order valence-corrected chi connectivity index (χ4v) is 2.96. The molecule has 28 heavy (non-hydrogen) atoms. The first-order chi connectivity index (χ1) is 13.2. The van der Waals surface area contributed by atoms with Gasteiger partial charge in [0.25, 0.3) is 0 Å². The monoisotopic (exact) mass is 387 g/mol. The molecule has 0 aliphatic carbocycles. The van der Waals surface area contributed by atoms with Crippen molar-refractivity contribution in [2.75, 3.05) is 0 Å². The number of carbonyl (C=O) groups is 3. The fraction of sp³-hybridized carbons (Fsp3) is 0.500. The number of benzene rings is 1. The average molecular weight is 387 g/mol. The van der Waals surface area contributed by atoms with Crippen molar-refractivity contribution in [2.45, 2.75) is 52.6 Å². The highest BCUT2D eigenvalue weighted by molar-refractivity contribution is 5.92. The predicted molar refractivity (Wildman–Crippen MR) is 107 cm³/mol. The van der Waals surface area contributed by atoms with Gasteiger partial charge >= 0.3 is 0 Å². The van der Waals surface area contributed by atoms with Gasteiger partial charge in [0, 0.05) is 6.42 Å². The van der Waals surface area contributed by atoms with Gasteiger partial charge < -0.3 is 21.4 Å². The van der Waals surface area contributed by atoms with Gasteiger partial charge in [-0.25, -0.2) is 4.98 Å². The molecule has 0 unspecified atom stereocenters. The summed E-state index contributed by atoms with van der Waals surface area (Å²) in [7, 11) is 0. The van der Waals surface area contributed by atoms with E-state index in [0.29, 0.717) is 5.82 Å². The maximum Gasteiger partial charge on any atom is 0.243 e. The number of para-hydroxylation sites is 2. The van der Waals surface area contributed by atoms with E-state index in [4.69, 9.17) is 5.73 Å². The van der Waals surface area contributed by atoms with Crippen LogP contribution in [-0.4, -0.2) is 33.7 Å². The van der Waals surface area contributed by atoms with E-state index in [0.717, 1.165) is 11.0 Å². The highest BCUT2D eigenvalue weighted by atomic mass is 16.2. The standard InChI is InChI=1S/C20H29N5O3/c1-11(2)9-17(27)22-15(10-16(21)26)20(28)25-18(12(3)4)19-23-13-7-5-6-8-14(13)24-19/h5-8,11-12,15,18H,9-10H2,1-4H3,(H2,21,26)(H,22,27)(H,23,24)(H,25,28)/t15-,18-/m1/s1. The Bertz CT molecular complexity index is 810. The molecular formula is C20H29N5O3. The first-order valence-corrected chi connectivity index (χ1v) is 9.50. The quantitative estimate of drug-likeness (QED) is 0.522. The largest absolute Gasteiger partial charge is 0.370 e. The Balaban J connectivity index is 2.19. The van der Waals surface area contributed by atoms with Gasteiger partial charge in [0.2, 0.25) is 17.7 Å². The number of nitrogens with two attached hydrogens (primary N) is 1. The molecule has 0 bridgehead atoms. The maximum atomic E-state index is 12.8. The van der Waals surface area contributed by atoms with Gasteiger partial charge in [0.15, 0.2) is 0 Å². The summed E-state index contributed by atoms with van der Waals surface area (Å²) in [5, 5.41) is 5.52. The Kier molecular flexibility index (Phi) is 7.14. The van der Waals surface area contributed by atoms with Crippen LogP contribution in [0.4, 0.5) is 0 Å². The second-order valence-corrected chi connectivity index (χ2v) is 7.76. The normalized spacial score (nSPS) is 13.5. The van der Waals surface area contributed by atoms with E-state index in [1.807, 2.05) is 52.0 Å². The number of rotatable bonds is 9. The third-order valence-electron chi connectivity index (χ3n) is 4.32. The lowest BCUT2D eigenvalue weighted by Crippen LogP contribution is -2.50. The molecular weight excluding hydrogens is 358 g/mol. The molecule has 0 saturated carbocycles. The molecule has 0 radical (unpaired) electrons. The number of carbonyl (C=O) groups excluding carboxylic acids is 3. The third kappa shape index (κ3) is 5.80. The number of amides is 3. The van der Waals surface area contributed by atoms with Crippen molar-refractivity contribution in [3.05, 3.63) is 30.1 Å². The molecule has 2 atom stereocenters. The van der Waals surface area contributed by atoms with Gasteiger partial charge in [-0.2, -0.15) is 0 Å². The highest BCUT2D eigenvalue weighted by Crippen LogP contribution is 2.22. The van der Waals surface area contributed by atoms with Crippen LogP contribution in [0.3, 0.4) is 0 Å². The van der Waals surface area contributed by atoms with E-state index in [2.05, 4.69) is 20.6 Å². The summed E-state index contributed by atoms with van der Waals surface area (Å²) in [4.78, 5) is 44.1. The second-order valence-electron chi connectivity index (χ2n) is 7.76. The molecule has 3 amide bonds. The van der Waals surface area contributed by atoms with E-state index < -0.39 is 23.9 Å². The molecule has 0 aliphatic rings. The van der Waals surface area contributed by atoms with E-state index in [9.17, 15) is 14.4 Å². The topological polar surface area (TPSA) is 130 Å². The van der Waals surface area contributed by atoms with Crippen molar-refractivity contribution in [1.29, 1.82) is 0 Å². The summed E-state index contributed by atoms with van der Waals surface area (Å²) in [6, 6.07) is 6.17. The number of primary amides is 1. The summed E-state index contributed by atoms with van der Waals surface area (Å²) in [6.07, 6.45) is 0.000336. The van der Waals surface area contributed by atoms with Crippen molar-refractivity contribution in [1.82, 2.24) is 20.6 Å². The van der Waals surface area contributed by atoms with Crippen molar-refractivity contribution < 1.29 is 14.4 Å². The van der Waals surface area contributed by atoms with E-state index in [-0.39, 0.29) is 30.6 Å². The second kappa shape index (κ2) is 9.34. The lowest BCUT2D eigenvalue weighted by atomic mass is 10.0. The lowest BCUT2D eigenvalue weighted by molar-refractivity contribution is -0.132. The Labute approximate surface area is 164 Å². The molecule has 1 heterocycles. The number of H-pyrrole nitrogens is 1. The minimum Gasteiger partial charge on any atom is -0.370 e.